The first-order chi connectivity index (χ1) is 12.0. The highest BCUT2D eigenvalue weighted by atomic mass is 16.1. The minimum Gasteiger partial charge on any atom is -0.358 e. The van der Waals surface area contributed by atoms with E-state index in [4.69, 9.17) is 0 Å². The number of carbonyl (C=O) groups excluding carboxylic acids is 1. The Balaban J connectivity index is 1.62. The van der Waals surface area contributed by atoms with E-state index in [1.807, 2.05) is 60.8 Å². The second-order valence-corrected chi connectivity index (χ2v) is 6.32. The van der Waals surface area contributed by atoms with Crippen molar-refractivity contribution in [2.24, 2.45) is 0 Å². The molecule has 0 radical (unpaired) electrons. The summed E-state index contributed by atoms with van der Waals surface area (Å²) < 4.78 is 1.88. The Morgan fingerprint density at radius 2 is 2.04 bits per heavy atom. The molecule has 0 aliphatic rings. The molecule has 3 heterocycles. The first-order valence-corrected chi connectivity index (χ1v) is 8.24. The number of hydrogen-bond acceptors (Lipinski definition) is 3. The lowest BCUT2D eigenvalue weighted by Gasteiger charge is -2.12. The van der Waals surface area contributed by atoms with Crippen LogP contribution in [-0.4, -0.2) is 25.5 Å². The summed E-state index contributed by atoms with van der Waals surface area (Å²) >= 11 is 0. The average Bonchev–Trinajstić information content (AvgIpc) is 3.16. The van der Waals surface area contributed by atoms with Gasteiger partial charge in [-0.2, -0.15) is 0 Å². The third kappa shape index (κ3) is 2.55. The van der Waals surface area contributed by atoms with Crippen molar-refractivity contribution in [2.45, 2.75) is 26.8 Å². The van der Waals surface area contributed by atoms with Crippen LogP contribution in [-0.2, 0) is 0 Å². The van der Waals surface area contributed by atoms with E-state index >= 15 is 0 Å². The van der Waals surface area contributed by atoms with Gasteiger partial charge in [0.25, 0.3) is 5.91 Å². The van der Waals surface area contributed by atoms with Crippen molar-refractivity contribution in [3.8, 4) is 0 Å². The largest absolute Gasteiger partial charge is 0.358 e. The van der Waals surface area contributed by atoms with Crippen LogP contribution in [0.2, 0.25) is 0 Å². The van der Waals surface area contributed by atoms with E-state index in [0.29, 0.717) is 11.4 Å². The maximum atomic E-state index is 12.7. The fourth-order valence-electron chi connectivity index (χ4n) is 3.10. The lowest BCUT2D eigenvalue weighted by atomic mass is 10.1. The number of aromatic amines is 1. The third-order valence-corrected chi connectivity index (χ3v) is 4.65. The summed E-state index contributed by atoms with van der Waals surface area (Å²) in [5.74, 6) is 0.582. The van der Waals surface area contributed by atoms with Crippen molar-refractivity contribution in [1.29, 1.82) is 0 Å². The van der Waals surface area contributed by atoms with Gasteiger partial charge in [0.2, 0.25) is 0 Å². The summed E-state index contributed by atoms with van der Waals surface area (Å²) in [6.45, 7) is 6.00. The molecule has 4 rings (SSSR count). The molecule has 0 fully saturated rings. The minimum atomic E-state index is -0.255. The zero-order chi connectivity index (χ0) is 17.6. The molecule has 6 nitrogen and oxygen atoms in total. The van der Waals surface area contributed by atoms with E-state index < -0.39 is 0 Å². The summed E-state index contributed by atoms with van der Waals surface area (Å²) in [5.41, 5.74) is 4.73. The second kappa shape index (κ2) is 5.73. The molecular weight excluding hydrogens is 314 g/mol. The highest BCUT2D eigenvalue weighted by Gasteiger charge is 2.17. The predicted molar refractivity (Wildman–Crippen MR) is 96.6 cm³/mol. The Morgan fingerprint density at radius 3 is 2.88 bits per heavy atom. The molecule has 1 unspecified atom stereocenters. The lowest BCUT2D eigenvalue weighted by Crippen LogP contribution is -2.28. The Morgan fingerprint density at radius 1 is 1.20 bits per heavy atom. The number of rotatable bonds is 3. The molecular formula is C19H19N5O. The van der Waals surface area contributed by atoms with Gasteiger partial charge < -0.3 is 10.3 Å². The molecule has 2 N–H and O–H groups in total. The quantitative estimate of drug-likeness (QED) is 0.604. The molecule has 0 aliphatic heterocycles. The third-order valence-electron chi connectivity index (χ3n) is 4.65. The van der Waals surface area contributed by atoms with Gasteiger partial charge in [-0.3, -0.25) is 9.20 Å². The van der Waals surface area contributed by atoms with Crippen molar-refractivity contribution in [3.63, 3.8) is 0 Å². The van der Waals surface area contributed by atoms with E-state index in [1.165, 1.54) is 5.56 Å². The maximum Gasteiger partial charge on any atom is 0.251 e. The van der Waals surface area contributed by atoms with E-state index in [2.05, 4.69) is 27.4 Å². The smallest absolute Gasteiger partial charge is 0.251 e. The van der Waals surface area contributed by atoms with Crippen LogP contribution in [0.3, 0.4) is 0 Å². The van der Waals surface area contributed by atoms with Crippen LogP contribution in [0.1, 0.15) is 40.4 Å². The average molecular weight is 333 g/mol. The summed E-state index contributed by atoms with van der Waals surface area (Å²) in [7, 11) is 0. The molecule has 0 saturated heterocycles. The number of amides is 1. The molecule has 0 saturated carbocycles. The SMILES string of the molecule is Cc1[nH]c2ccc(C(=O)NC(C)c3nnc4ccccn34)cc2c1C. The van der Waals surface area contributed by atoms with E-state index in [-0.39, 0.29) is 11.9 Å². The number of carbonyl (C=O) groups is 1. The molecule has 1 aromatic carbocycles. The maximum absolute atomic E-state index is 12.7. The van der Waals surface area contributed by atoms with Crippen LogP contribution >= 0.6 is 0 Å². The van der Waals surface area contributed by atoms with Gasteiger partial charge in [0.05, 0.1) is 6.04 Å². The number of nitrogens with zero attached hydrogens (tertiary/aromatic N) is 3. The number of fused-ring (bicyclic) bond motifs is 2. The minimum absolute atomic E-state index is 0.125. The normalized spacial score (nSPS) is 12.6. The Kier molecular flexibility index (Phi) is 3.53. The molecule has 6 heteroatoms. The fraction of sp³-hybridized carbons (Fsp3) is 0.211. The first-order valence-electron chi connectivity index (χ1n) is 8.24. The predicted octanol–water partition coefficient (Wildman–Crippen LogP) is 3.32. The molecule has 25 heavy (non-hydrogen) atoms. The van der Waals surface area contributed by atoms with Crippen molar-refractivity contribution in [1.82, 2.24) is 24.9 Å². The second-order valence-electron chi connectivity index (χ2n) is 6.32. The van der Waals surface area contributed by atoms with Gasteiger partial charge >= 0.3 is 0 Å². The van der Waals surface area contributed by atoms with Gasteiger partial charge in [-0.1, -0.05) is 6.07 Å². The van der Waals surface area contributed by atoms with E-state index in [1.54, 1.807) is 0 Å². The van der Waals surface area contributed by atoms with E-state index in [9.17, 15) is 4.79 Å². The summed E-state index contributed by atoms with van der Waals surface area (Å²) in [6.07, 6.45) is 1.89. The summed E-state index contributed by atoms with van der Waals surface area (Å²) in [4.78, 5) is 16.0. The lowest BCUT2D eigenvalue weighted by molar-refractivity contribution is 0.0938. The van der Waals surface area contributed by atoms with Gasteiger partial charge in [0.15, 0.2) is 11.5 Å². The highest BCUT2D eigenvalue weighted by Crippen LogP contribution is 2.23. The number of H-pyrrole nitrogens is 1. The number of pyridine rings is 1. The number of aryl methyl sites for hydroxylation is 2. The van der Waals surface area contributed by atoms with Crippen LogP contribution in [0.5, 0.6) is 0 Å². The monoisotopic (exact) mass is 333 g/mol. The molecule has 0 aliphatic carbocycles. The molecule has 4 aromatic rings. The molecule has 0 bridgehead atoms. The summed E-state index contributed by atoms with van der Waals surface area (Å²) in [6, 6.07) is 11.2. The van der Waals surface area contributed by atoms with Crippen LogP contribution in [0.15, 0.2) is 42.6 Å². The van der Waals surface area contributed by atoms with Crippen LogP contribution in [0, 0.1) is 13.8 Å². The van der Waals surface area contributed by atoms with Crippen molar-refractivity contribution < 1.29 is 4.79 Å². The molecule has 3 aromatic heterocycles. The highest BCUT2D eigenvalue weighted by molar-refractivity contribution is 5.99. The standard InChI is InChI=1S/C19H19N5O/c1-11-12(2)20-16-8-7-14(10-15(11)16)19(25)21-13(3)18-23-22-17-6-4-5-9-24(17)18/h4-10,13,20H,1-3H3,(H,21,25). The van der Waals surface area contributed by atoms with Gasteiger partial charge in [0, 0.05) is 28.4 Å². The van der Waals surface area contributed by atoms with E-state index in [0.717, 1.165) is 22.2 Å². The van der Waals surface area contributed by atoms with Crippen LogP contribution < -0.4 is 5.32 Å². The number of hydrogen-bond donors (Lipinski definition) is 2. The zero-order valence-electron chi connectivity index (χ0n) is 14.4. The van der Waals surface area contributed by atoms with Gasteiger partial charge in [-0.05, 0) is 56.7 Å². The number of benzene rings is 1. The fourth-order valence-corrected chi connectivity index (χ4v) is 3.10. The number of aromatic nitrogens is 4. The van der Waals surface area contributed by atoms with Gasteiger partial charge in [0.1, 0.15) is 0 Å². The van der Waals surface area contributed by atoms with Crippen molar-refractivity contribution in [2.75, 3.05) is 0 Å². The molecule has 126 valence electrons. The molecule has 1 atom stereocenters. The first kappa shape index (κ1) is 15.4. The molecule has 0 spiro atoms. The Bertz CT molecular complexity index is 1090. The van der Waals surface area contributed by atoms with Gasteiger partial charge in [-0.25, -0.2) is 0 Å². The number of nitrogens with one attached hydrogen (secondary N) is 2. The Hall–Kier alpha value is -3.15. The Labute approximate surface area is 144 Å². The van der Waals surface area contributed by atoms with Crippen molar-refractivity contribution in [3.05, 3.63) is 65.2 Å². The zero-order valence-corrected chi connectivity index (χ0v) is 14.4. The van der Waals surface area contributed by atoms with Crippen LogP contribution in [0.25, 0.3) is 16.6 Å². The summed E-state index contributed by atoms with van der Waals surface area (Å²) in [5, 5.41) is 12.4. The molecule has 1 amide bonds. The van der Waals surface area contributed by atoms with Crippen molar-refractivity contribution >= 4 is 22.5 Å². The topological polar surface area (TPSA) is 75.1 Å². The van der Waals surface area contributed by atoms with Crippen LogP contribution in [0.4, 0.5) is 0 Å². The van der Waals surface area contributed by atoms with Gasteiger partial charge in [-0.15, -0.1) is 10.2 Å².